The molecule has 4 nitrogen and oxygen atoms in total. The maximum absolute atomic E-state index is 5.79. The molecule has 0 aromatic carbocycles. The molecule has 0 aliphatic carbocycles. The van der Waals surface area contributed by atoms with Crippen LogP contribution in [0.25, 0.3) is 0 Å². The number of hydrogen-bond acceptors (Lipinski definition) is 4. The van der Waals surface area contributed by atoms with Crippen molar-refractivity contribution in [1.29, 1.82) is 0 Å². The van der Waals surface area contributed by atoms with Gasteiger partial charge in [-0.25, -0.2) is 0 Å². The van der Waals surface area contributed by atoms with Gasteiger partial charge in [0.05, 0.1) is 6.61 Å². The highest BCUT2D eigenvalue weighted by Gasteiger charge is 2.35. The van der Waals surface area contributed by atoms with E-state index >= 15 is 0 Å². The van der Waals surface area contributed by atoms with Crippen molar-refractivity contribution in [3.63, 3.8) is 0 Å². The van der Waals surface area contributed by atoms with Crippen LogP contribution in [0.2, 0.25) is 0 Å². The second-order valence-corrected chi connectivity index (χ2v) is 6.50. The molecule has 2 aliphatic rings. The molecule has 4 heteroatoms. The van der Waals surface area contributed by atoms with E-state index in [0.717, 1.165) is 26.3 Å². The molecule has 2 aliphatic heterocycles. The lowest BCUT2D eigenvalue weighted by Crippen LogP contribution is -2.56. The van der Waals surface area contributed by atoms with E-state index in [4.69, 9.17) is 4.74 Å². The maximum atomic E-state index is 5.79. The molecular formula is C15H31N3O. The van der Waals surface area contributed by atoms with Gasteiger partial charge in [0, 0.05) is 50.8 Å². The van der Waals surface area contributed by atoms with Crippen molar-refractivity contribution in [2.24, 2.45) is 5.41 Å². The van der Waals surface area contributed by atoms with Gasteiger partial charge in [-0.2, -0.15) is 0 Å². The Morgan fingerprint density at radius 3 is 2.84 bits per heavy atom. The van der Waals surface area contributed by atoms with Gasteiger partial charge in [0.15, 0.2) is 0 Å². The Balaban J connectivity index is 1.91. The lowest BCUT2D eigenvalue weighted by atomic mass is 9.81. The van der Waals surface area contributed by atoms with Gasteiger partial charge in [0.1, 0.15) is 0 Å². The zero-order valence-electron chi connectivity index (χ0n) is 13.0. The summed E-state index contributed by atoms with van der Waals surface area (Å²) in [4.78, 5) is 5.11. The minimum Gasteiger partial charge on any atom is -0.381 e. The molecular weight excluding hydrogens is 238 g/mol. The first-order valence-corrected chi connectivity index (χ1v) is 7.86. The van der Waals surface area contributed by atoms with Crippen molar-refractivity contribution in [1.82, 2.24) is 15.1 Å². The molecule has 0 aromatic heterocycles. The molecule has 2 saturated heterocycles. The standard InChI is InChI=1S/C15H31N3O/c1-4-16-11-15(6-5-9-19-13-15)12-18-8-7-17(3)14(2)10-18/h14,16H,4-13H2,1-3H3. The van der Waals surface area contributed by atoms with E-state index in [1.807, 2.05) is 0 Å². The van der Waals surface area contributed by atoms with Crippen molar-refractivity contribution < 1.29 is 4.74 Å². The number of nitrogens with zero attached hydrogens (tertiary/aromatic N) is 2. The molecule has 0 amide bonds. The van der Waals surface area contributed by atoms with Crippen LogP contribution in [0.15, 0.2) is 0 Å². The minimum absolute atomic E-state index is 0.337. The van der Waals surface area contributed by atoms with E-state index in [1.165, 1.54) is 39.0 Å². The molecule has 0 bridgehead atoms. The molecule has 0 aromatic rings. The number of ether oxygens (including phenoxy) is 1. The predicted octanol–water partition coefficient (Wildman–Crippen LogP) is 1.03. The molecule has 2 heterocycles. The Bertz CT molecular complexity index is 266. The Kier molecular flexibility index (Phi) is 5.63. The van der Waals surface area contributed by atoms with Crippen molar-refractivity contribution in [3.8, 4) is 0 Å². The molecule has 2 rings (SSSR count). The highest BCUT2D eigenvalue weighted by molar-refractivity contribution is 4.89. The van der Waals surface area contributed by atoms with E-state index < -0.39 is 0 Å². The zero-order chi connectivity index (χ0) is 13.7. The number of nitrogens with one attached hydrogen (secondary N) is 1. The third kappa shape index (κ3) is 4.15. The number of rotatable bonds is 5. The summed E-state index contributed by atoms with van der Waals surface area (Å²) in [5.74, 6) is 0. The van der Waals surface area contributed by atoms with E-state index in [9.17, 15) is 0 Å². The van der Waals surface area contributed by atoms with E-state index in [-0.39, 0.29) is 0 Å². The number of hydrogen-bond donors (Lipinski definition) is 1. The smallest absolute Gasteiger partial charge is 0.0546 e. The fourth-order valence-corrected chi connectivity index (χ4v) is 3.36. The lowest BCUT2D eigenvalue weighted by molar-refractivity contribution is -0.0360. The van der Waals surface area contributed by atoms with Crippen LogP contribution in [0.3, 0.4) is 0 Å². The van der Waals surface area contributed by atoms with Crippen molar-refractivity contribution >= 4 is 0 Å². The lowest BCUT2D eigenvalue weighted by Gasteiger charge is -2.45. The fraction of sp³-hybridized carbons (Fsp3) is 1.00. The van der Waals surface area contributed by atoms with Crippen molar-refractivity contribution in [2.45, 2.75) is 32.7 Å². The summed E-state index contributed by atoms with van der Waals surface area (Å²) >= 11 is 0. The summed E-state index contributed by atoms with van der Waals surface area (Å²) in [7, 11) is 2.24. The molecule has 2 fully saturated rings. The fourth-order valence-electron chi connectivity index (χ4n) is 3.36. The molecule has 2 atom stereocenters. The van der Waals surface area contributed by atoms with Gasteiger partial charge < -0.3 is 15.0 Å². The molecule has 112 valence electrons. The van der Waals surface area contributed by atoms with Crippen LogP contribution in [-0.4, -0.2) is 75.4 Å². The topological polar surface area (TPSA) is 27.7 Å². The van der Waals surface area contributed by atoms with Crippen LogP contribution in [0.4, 0.5) is 0 Å². The summed E-state index contributed by atoms with van der Waals surface area (Å²) in [6.45, 7) is 13.4. The summed E-state index contributed by atoms with van der Waals surface area (Å²) in [5, 5.41) is 3.55. The highest BCUT2D eigenvalue weighted by atomic mass is 16.5. The van der Waals surface area contributed by atoms with E-state index in [1.54, 1.807) is 0 Å². The third-order valence-electron chi connectivity index (χ3n) is 4.76. The van der Waals surface area contributed by atoms with Gasteiger partial charge >= 0.3 is 0 Å². The minimum atomic E-state index is 0.337. The van der Waals surface area contributed by atoms with Crippen LogP contribution in [0.5, 0.6) is 0 Å². The Hall–Kier alpha value is -0.160. The summed E-state index contributed by atoms with van der Waals surface area (Å²) in [5.41, 5.74) is 0.337. The highest BCUT2D eigenvalue weighted by Crippen LogP contribution is 2.29. The summed E-state index contributed by atoms with van der Waals surface area (Å²) in [6.07, 6.45) is 2.52. The first-order chi connectivity index (χ1) is 9.15. The molecule has 19 heavy (non-hydrogen) atoms. The molecule has 0 saturated carbocycles. The monoisotopic (exact) mass is 269 g/mol. The van der Waals surface area contributed by atoms with Gasteiger partial charge in [0.25, 0.3) is 0 Å². The predicted molar refractivity (Wildman–Crippen MR) is 79.6 cm³/mol. The average Bonchev–Trinajstić information content (AvgIpc) is 2.42. The first-order valence-electron chi connectivity index (χ1n) is 7.86. The zero-order valence-corrected chi connectivity index (χ0v) is 13.0. The van der Waals surface area contributed by atoms with Crippen LogP contribution >= 0.6 is 0 Å². The quantitative estimate of drug-likeness (QED) is 0.807. The van der Waals surface area contributed by atoms with Gasteiger partial charge in [0.2, 0.25) is 0 Å². The third-order valence-corrected chi connectivity index (χ3v) is 4.76. The van der Waals surface area contributed by atoms with Gasteiger partial charge in [-0.1, -0.05) is 6.92 Å². The van der Waals surface area contributed by atoms with Crippen molar-refractivity contribution in [3.05, 3.63) is 0 Å². The SMILES string of the molecule is CCNCC1(CN2CCN(C)C(C)C2)CCCOC1. The number of likely N-dealkylation sites (N-methyl/N-ethyl adjacent to an activating group) is 1. The van der Waals surface area contributed by atoms with Crippen LogP contribution in [-0.2, 0) is 4.74 Å². The Labute approximate surface area is 118 Å². The van der Waals surface area contributed by atoms with E-state index in [0.29, 0.717) is 11.5 Å². The number of piperazine rings is 1. The van der Waals surface area contributed by atoms with Gasteiger partial charge in [-0.15, -0.1) is 0 Å². The Morgan fingerprint density at radius 2 is 2.21 bits per heavy atom. The van der Waals surface area contributed by atoms with Crippen LogP contribution in [0, 0.1) is 5.41 Å². The largest absolute Gasteiger partial charge is 0.381 e. The normalized spacial score (nSPS) is 34.6. The second kappa shape index (κ2) is 7.02. The van der Waals surface area contributed by atoms with Gasteiger partial charge in [-0.3, -0.25) is 4.90 Å². The van der Waals surface area contributed by atoms with Crippen LogP contribution < -0.4 is 5.32 Å². The first kappa shape index (κ1) is 15.2. The average molecular weight is 269 g/mol. The van der Waals surface area contributed by atoms with Crippen molar-refractivity contribution in [2.75, 3.05) is 59.5 Å². The van der Waals surface area contributed by atoms with Crippen LogP contribution in [0.1, 0.15) is 26.7 Å². The summed E-state index contributed by atoms with van der Waals surface area (Å²) in [6, 6.07) is 0.675. The molecule has 2 unspecified atom stereocenters. The molecule has 1 N–H and O–H groups in total. The van der Waals surface area contributed by atoms with E-state index in [2.05, 4.69) is 36.0 Å². The Morgan fingerprint density at radius 1 is 1.37 bits per heavy atom. The maximum Gasteiger partial charge on any atom is 0.0546 e. The molecule has 0 spiro atoms. The summed E-state index contributed by atoms with van der Waals surface area (Å²) < 4.78 is 5.79. The second-order valence-electron chi connectivity index (χ2n) is 6.50. The van der Waals surface area contributed by atoms with Gasteiger partial charge in [-0.05, 0) is 33.4 Å². The molecule has 0 radical (unpaired) electrons.